The van der Waals surface area contributed by atoms with E-state index in [-0.39, 0.29) is 23.5 Å². The van der Waals surface area contributed by atoms with Crippen LogP contribution in [0.3, 0.4) is 0 Å². The van der Waals surface area contributed by atoms with Crippen LogP contribution in [0.5, 0.6) is 0 Å². The fourth-order valence-electron chi connectivity index (χ4n) is 1.40. The molecule has 0 aliphatic heterocycles. The smallest absolute Gasteiger partial charge is 0.235 e. The Hall–Kier alpha value is -1.18. The van der Waals surface area contributed by atoms with E-state index in [0.717, 1.165) is 0 Å². The van der Waals surface area contributed by atoms with Gasteiger partial charge in [0, 0.05) is 5.56 Å². The number of nitrogens with one attached hydrogen (secondary N) is 1. The minimum atomic E-state index is -3.48. The third-order valence-electron chi connectivity index (χ3n) is 2.26. The quantitative estimate of drug-likeness (QED) is 0.746. The maximum atomic E-state index is 11.9. The molecule has 1 aromatic rings. The van der Waals surface area contributed by atoms with Crippen LogP contribution in [-0.4, -0.2) is 31.9 Å². The van der Waals surface area contributed by atoms with E-state index in [2.05, 4.69) is 4.72 Å². The summed E-state index contributed by atoms with van der Waals surface area (Å²) in [6, 6.07) is 6.75. The van der Waals surface area contributed by atoms with Crippen molar-refractivity contribution in [2.75, 3.05) is 17.1 Å². The van der Waals surface area contributed by atoms with Gasteiger partial charge >= 0.3 is 0 Å². The summed E-state index contributed by atoms with van der Waals surface area (Å²) in [6.45, 7) is 3.84. The van der Waals surface area contributed by atoms with Gasteiger partial charge in [-0.1, -0.05) is 24.4 Å². The Morgan fingerprint density at radius 2 is 2.05 bits per heavy atom. The van der Waals surface area contributed by atoms with Crippen molar-refractivity contribution in [3.05, 3.63) is 29.8 Å². The molecule has 0 aliphatic carbocycles. The normalized spacial score (nSPS) is 11.5. The lowest BCUT2D eigenvalue weighted by molar-refractivity contribution is 0.0913. The van der Waals surface area contributed by atoms with E-state index in [1.54, 1.807) is 24.3 Å². The summed E-state index contributed by atoms with van der Waals surface area (Å²) >= 11 is 4.88. The minimum Gasteiger partial charge on any atom is -0.389 e. The van der Waals surface area contributed by atoms with Crippen molar-refractivity contribution in [2.45, 2.75) is 20.0 Å². The second kappa shape index (κ2) is 6.83. The Kier molecular flexibility index (Phi) is 5.71. The molecule has 1 rings (SSSR count). The van der Waals surface area contributed by atoms with Gasteiger partial charge in [0.25, 0.3) is 0 Å². The van der Waals surface area contributed by atoms with Crippen LogP contribution in [0.2, 0.25) is 0 Å². The molecule has 7 heteroatoms. The van der Waals surface area contributed by atoms with Gasteiger partial charge in [-0.25, -0.2) is 8.42 Å². The second-order valence-electron chi connectivity index (χ2n) is 4.25. The predicted octanol–water partition coefficient (Wildman–Crippen LogP) is 1.49. The van der Waals surface area contributed by atoms with Crippen molar-refractivity contribution in [3.63, 3.8) is 0 Å². The van der Waals surface area contributed by atoms with Crippen LogP contribution >= 0.6 is 12.2 Å². The molecule has 0 unspecified atom stereocenters. The van der Waals surface area contributed by atoms with Gasteiger partial charge in [-0.05, 0) is 26.0 Å². The maximum absolute atomic E-state index is 11.9. The van der Waals surface area contributed by atoms with Gasteiger partial charge in [0.1, 0.15) is 4.99 Å². The van der Waals surface area contributed by atoms with Crippen LogP contribution in [0, 0.1) is 0 Å². The maximum Gasteiger partial charge on any atom is 0.235 e. The SMILES string of the molecule is CC(C)OCCS(=O)(=O)Nc1ccccc1C(N)=S. The average Bonchev–Trinajstić information content (AvgIpc) is 2.27. The van der Waals surface area contributed by atoms with E-state index in [9.17, 15) is 8.42 Å². The number of para-hydroxylation sites is 1. The van der Waals surface area contributed by atoms with E-state index < -0.39 is 10.0 Å². The highest BCUT2D eigenvalue weighted by Crippen LogP contribution is 2.16. The molecular weight excluding hydrogens is 284 g/mol. The monoisotopic (exact) mass is 302 g/mol. The molecule has 0 heterocycles. The Bertz CT molecular complexity index is 542. The molecule has 0 spiro atoms. The number of rotatable bonds is 7. The summed E-state index contributed by atoms with van der Waals surface area (Å²) in [5.41, 5.74) is 6.44. The van der Waals surface area contributed by atoms with Crippen LogP contribution in [0.25, 0.3) is 0 Å². The summed E-state index contributed by atoms with van der Waals surface area (Å²) < 4.78 is 31.5. The van der Waals surface area contributed by atoms with Crippen molar-refractivity contribution >= 4 is 32.9 Å². The number of anilines is 1. The van der Waals surface area contributed by atoms with Gasteiger partial charge in [-0.3, -0.25) is 4.72 Å². The predicted molar refractivity (Wildman–Crippen MR) is 80.8 cm³/mol. The number of sulfonamides is 1. The Morgan fingerprint density at radius 1 is 1.42 bits per heavy atom. The molecule has 0 aliphatic rings. The summed E-state index contributed by atoms with van der Waals surface area (Å²) in [5, 5.41) is 0. The largest absolute Gasteiger partial charge is 0.389 e. The van der Waals surface area contributed by atoms with Crippen molar-refractivity contribution in [1.29, 1.82) is 0 Å². The number of hydrogen-bond donors (Lipinski definition) is 2. The lowest BCUT2D eigenvalue weighted by atomic mass is 10.2. The Morgan fingerprint density at radius 3 is 2.63 bits per heavy atom. The van der Waals surface area contributed by atoms with Gasteiger partial charge in [0.05, 0.1) is 24.2 Å². The van der Waals surface area contributed by atoms with Gasteiger partial charge in [-0.2, -0.15) is 0 Å². The molecule has 1 aromatic carbocycles. The first-order chi connectivity index (χ1) is 8.82. The van der Waals surface area contributed by atoms with E-state index in [4.69, 9.17) is 22.7 Å². The first kappa shape index (κ1) is 15.9. The molecule has 0 bridgehead atoms. The molecule has 19 heavy (non-hydrogen) atoms. The highest BCUT2D eigenvalue weighted by Gasteiger charge is 2.14. The number of hydrogen-bond acceptors (Lipinski definition) is 4. The first-order valence-electron chi connectivity index (χ1n) is 5.83. The van der Waals surface area contributed by atoms with E-state index in [0.29, 0.717) is 11.3 Å². The zero-order valence-electron chi connectivity index (χ0n) is 10.9. The number of benzene rings is 1. The highest BCUT2D eigenvalue weighted by atomic mass is 32.2. The molecule has 0 amide bonds. The van der Waals surface area contributed by atoms with E-state index in [1.807, 2.05) is 13.8 Å². The highest BCUT2D eigenvalue weighted by molar-refractivity contribution is 7.92. The van der Waals surface area contributed by atoms with Gasteiger partial charge in [0.2, 0.25) is 10.0 Å². The number of nitrogens with two attached hydrogens (primary N) is 1. The molecule has 3 N–H and O–H groups in total. The summed E-state index contributed by atoms with van der Waals surface area (Å²) in [4.78, 5) is 0.150. The average molecular weight is 302 g/mol. The second-order valence-corrected chi connectivity index (χ2v) is 6.53. The van der Waals surface area contributed by atoms with Crippen LogP contribution in [0.15, 0.2) is 24.3 Å². The van der Waals surface area contributed by atoms with E-state index >= 15 is 0 Å². The molecule has 0 saturated carbocycles. The van der Waals surface area contributed by atoms with Crippen molar-refractivity contribution < 1.29 is 13.2 Å². The summed E-state index contributed by atoms with van der Waals surface area (Å²) in [5.74, 6) is -0.114. The standard InChI is InChI=1S/C12H18N2O3S2/c1-9(2)17-7-8-19(15,16)14-11-6-4-3-5-10(11)12(13)18/h3-6,9,14H,7-8H2,1-2H3,(H2,13,18). The minimum absolute atomic E-state index is 0.000828. The topological polar surface area (TPSA) is 81.4 Å². The third kappa shape index (κ3) is 5.54. The lowest BCUT2D eigenvalue weighted by Gasteiger charge is -2.12. The third-order valence-corrected chi connectivity index (χ3v) is 3.72. The molecule has 0 radical (unpaired) electrons. The van der Waals surface area contributed by atoms with Crippen LogP contribution in [0.1, 0.15) is 19.4 Å². The van der Waals surface area contributed by atoms with Gasteiger partial charge < -0.3 is 10.5 Å². The number of thiocarbonyl (C=S) groups is 1. The van der Waals surface area contributed by atoms with Crippen LogP contribution in [-0.2, 0) is 14.8 Å². The molecule has 0 fully saturated rings. The van der Waals surface area contributed by atoms with Crippen molar-refractivity contribution in [3.8, 4) is 0 Å². The lowest BCUT2D eigenvalue weighted by Crippen LogP contribution is -2.23. The summed E-state index contributed by atoms with van der Waals surface area (Å²) in [6.07, 6.45) is -0.000828. The Balaban J connectivity index is 2.76. The van der Waals surface area contributed by atoms with Crippen LogP contribution < -0.4 is 10.5 Å². The molecule has 0 aromatic heterocycles. The van der Waals surface area contributed by atoms with Crippen LogP contribution in [0.4, 0.5) is 5.69 Å². The fourth-order valence-corrected chi connectivity index (χ4v) is 2.51. The number of ether oxygens (including phenoxy) is 1. The summed E-state index contributed by atoms with van der Waals surface area (Å²) in [7, 11) is -3.48. The molecule has 5 nitrogen and oxygen atoms in total. The molecule has 0 saturated heterocycles. The Labute approximate surface area is 119 Å². The molecule has 0 atom stereocenters. The van der Waals surface area contributed by atoms with Gasteiger partial charge in [0.15, 0.2) is 0 Å². The van der Waals surface area contributed by atoms with E-state index in [1.165, 1.54) is 0 Å². The zero-order chi connectivity index (χ0) is 14.5. The first-order valence-corrected chi connectivity index (χ1v) is 7.89. The van der Waals surface area contributed by atoms with Crippen molar-refractivity contribution in [2.24, 2.45) is 5.73 Å². The van der Waals surface area contributed by atoms with Crippen molar-refractivity contribution in [1.82, 2.24) is 0 Å². The molecule has 106 valence electrons. The zero-order valence-corrected chi connectivity index (χ0v) is 12.6. The molecular formula is C12H18N2O3S2. The fraction of sp³-hybridized carbons (Fsp3) is 0.417. The van der Waals surface area contributed by atoms with Gasteiger partial charge in [-0.15, -0.1) is 0 Å².